The van der Waals surface area contributed by atoms with Crippen LogP contribution in [-0.4, -0.2) is 30.3 Å². The number of ether oxygens (including phenoxy) is 1. The topological polar surface area (TPSA) is 58.6 Å². The van der Waals surface area contributed by atoms with Gasteiger partial charge in [0.2, 0.25) is 0 Å². The summed E-state index contributed by atoms with van der Waals surface area (Å²) in [6, 6.07) is 4.12. The second kappa shape index (κ2) is 5.14. The molecule has 1 aliphatic heterocycles. The Morgan fingerprint density at radius 2 is 2.12 bits per heavy atom. The Bertz CT molecular complexity index is 416. The first kappa shape index (κ1) is 11.9. The number of carboxylic acid groups (broad SMARTS) is 1. The molecule has 2 N–H and O–H groups in total. The first-order valence-electron chi connectivity index (χ1n) is 5.54. The smallest absolute Gasteiger partial charge is 0.337 e. The summed E-state index contributed by atoms with van der Waals surface area (Å²) in [5, 5.41) is 12.0. The van der Waals surface area contributed by atoms with Crippen molar-refractivity contribution in [2.75, 3.05) is 18.5 Å². The largest absolute Gasteiger partial charge is 0.478 e. The Hall–Kier alpha value is -1.62. The molecule has 2 rings (SSSR count). The van der Waals surface area contributed by atoms with Gasteiger partial charge in [-0.1, -0.05) is 6.07 Å². The molecule has 1 fully saturated rings. The van der Waals surface area contributed by atoms with Crippen molar-refractivity contribution in [3.63, 3.8) is 0 Å². The van der Waals surface area contributed by atoms with Gasteiger partial charge in [0.25, 0.3) is 0 Å². The van der Waals surface area contributed by atoms with Crippen molar-refractivity contribution in [3.05, 3.63) is 29.6 Å². The van der Waals surface area contributed by atoms with Crippen LogP contribution in [0.4, 0.5) is 10.1 Å². The molecule has 1 aliphatic rings. The molecule has 0 amide bonds. The summed E-state index contributed by atoms with van der Waals surface area (Å²) < 4.78 is 18.8. The van der Waals surface area contributed by atoms with Crippen LogP contribution >= 0.6 is 0 Å². The van der Waals surface area contributed by atoms with Crippen LogP contribution in [0.1, 0.15) is 23.2 Å². The van der Waals surface area contributed by atoms with Crippen LogP contribution in [0.3, 0.4) is 0 Å². The van der Waals surface area contributed by atoms with Crippen molar-refractivity contribution in [1.82, 2.24) is 0 Å². The van der Waals surface area contributed by atoms with E-state index >= 15 is 0 Å². The number of carbonyl (C=O) groups is 1. The molecular weight excluding hydrogens is 225 g/mol. The maximum absolute atomic E-state index is 13.6. The third-order valence-corrected chi connectivity index (χ3v) is 2.81. The van der Waals surface area contributed by atoms with Crippen LogP contribution in [0.5, 0.6) is 0 Å². The Morgan fingerprint density at radius 1 is 1.41 bits per heavy atom. The zero-order chi connectivity index (χ0) is 12.3. The standard InChI is InChI=1S/C12H14FNO3/c13-10-3-1-2-9(12(15)16)11(10)14-8-4-6-17-7-5-8/h1-3,8,14H,4-7H2,(H,15,16). The summed E-state index contributed by atoms with van der Waals surface area (Å²) in [5.41, 5.74) is 0.0448. The van der Waals surface area contributed by atoms with Crippen molar-refractivity contribution in [3.8, 4) is 0 Å². The van der Waals surface area contributed by atoms with Gasteiger partial charge >= 0.3 is 5.97 Å². The lowest BCUT2D eigenvalue weighted by Crippen LogP contribution is -2.29. The molecule has 0 aromatic heterocycles. The van der Waals surface area contributed by atoms with Crippen LogP contribution in [-0.2, 0) is 4.74 Å². The highest BCUT2D eigenvalue weighted by molar-refractivity contribution is 5.94. The number of hydrogen-bond acceptors (Lipinski definition) is 3. The van der Waals surface area contributed by atoms with Gasteiger partial charge in [0.15, 0.2) is 0 Å². The van der Waals surface area contributed by atoms with Gasteiger partial charge in [-0.15, -0.1) is 0 Å². The third kappa shape index (κ3) is 2.74. The van der Waals surface area contributed by atoms with E-state index in [1.54, 1.807) is 0 Å². The summed E-state index contributed by atoms with van der Waals surface area (Å²) in [6.45, 7) is 1.24. The van der Waals surface area contributed by atoms with Gasteiger partial charge in [0.1, 0.15) is 5.82 Å². The van der Waals surface area contributed by atoms with E-state index in [4.69, 9.17) is 9.84 Å². The molecule has 4 nitrogen and oxygen atoms in total. The van der Waals surface area contributed by atoms with E-state index in [9.17, 15) is 9.18 Å². The fourth-order valence-electron chi connectivity index (χ4n) is 1.90. The highest BCUT2D eigenvalue weighted by Gasteiger charge is 2.19. The molecule has 0 aliphatic carbocycles. The molecule has 1 saturated heterocycles. The molecule has 1 aromatic rings. The quantitative estimate of drug-likeness (QED) is 0.848. The van der Waals surface area contributed by atoms with Crippen molar-refractivity contribution in [2.24, 2.45) is 0 Å². The normalized spacial score (nSPS) is 16.8. The zero-order valence-electron chi connectivity index (χ0n) is 9.28. The summed E-state index contributed by atoms with van der Waals surface area (Å²) in [4.78, 5) is 11.0. The minimum atomic E-state index is -1.13. The van der Waals surface area contributed by atoms with Crippen molar-refractivity contribution in [2.45, 2.75) is 18.9 Å². The molecule has 5 heteroatoms. The van der Waals surface area contributed by atoms with Crippen molar-refractivity contribution >= 4 is 11.7 Å². The molecule has 1 heterocycles. The minimum absolute atomic E-state index is 0.0310. The SMILES string of the molecule is O=C(O)c1cccc(F)c1NC1CCOCC1. The maximum atomic E-state index is 13.6. The first-order valence-corrected chi connectivity index (χ1v) is 5.54. The van der Waals surface area contributed by atoms with E-state index < -0.39 is 11.8 Å². The van der Waals surface area contributed by atoms with E-state index in [1.165, 1.54) is 18.2 Å². The molecule has 17 heavy (non-hydrogen) atoms. The second-order valence-electron chi connectivity index (χ2n) is 4.00. The van der Waals surface area contributed by atoms with Crippen LogP contribution in [0.15, 0.2) is 18.2 Å². The lowest BCUT2D eigenvalue weighted by atomic mass is 10.1. The number of hydrogen-bond donors (Lipinski definition) is 2. The molecule has 0 unspecified atom stereocenters. The minimum Gasteiger partial charge on any atom is -0.478 e. The third-order valence-electron chi connectivity index (χ3n) is 2.81. The molecule has 0 radical (unpaired) electrons. The summed E-state index contributed by atoms with van der Waals surface area (Å²) in [6.07, 6.45) is 1.51. The van der Waals surface area contributed by atoms with Crippen LogP contribution in [0.25, 0.3) is 0 Å². The van der Waals surface area contributed by atoms with Gasteiger partial charge in [-0.25, -0.2) is 9.18 Å². The Balaban J connectivity index is 2.21. The number of nitrogens with one attached hydrogen (secondary N) is 1. The number of carboxylic acids is 1. The molecule has 1 aromatic carbocycles. The molecule has 0 atom stereocenters. The van der Waals surface area contributed by atoms with Gasteiger partial charge in [-0.05, 0) is 25.0 Å². The number of halogens is 1. The highest BCUT2D eigenvalue weighted by Crippen LogP contribution is 2.23. The molecule has 92 valence electrons. The summed E-state index contributed by atoms with van der Waals surface area (Å²) in [5.74, 6) is -1.66. The Morgan fingerprint density at radius 3 is 2.76 bits per heavy atom. The Kier molecular flexibility index (Phi) is 3.58. The molecular formula is C12H14FNO3. The van der Waals surface area contributed by atoms with E-state index in [1.807, 2.05) is 0 Å². The number of benzene rings is 1. The molecule has 0 saturated carbocycles. The van der Waals surface area contributed by atoms with Crippen LogP contribution < -0.4 is 5.32 Å². The highest BCUT2D eigenvalue weighted by atomic mass is 19.1. The Labute approximate surface area is 98.4 Å². The summed E-state index contributed by atoms with van der Waals surface area (Å²) in [7, 11) is 0. The lowest BCUT2D eigenvalue weighted by Gasteiger charge is -2.25. The van der Waals surface area contributed by atoms with Gasteiger partial charge < -0.3 is 15.2 Å². The monoisotopic (exact) mass is 239 g/mol. The first-order chi connectivity index (χ1) is 8.18. The van der Waals surface area contributed by atoms with Gasteiger partial charge in [0.05, 0.1) is 11.3 Å². The van der Waals surface area contributed by atoms with Gasteiger partial charge in [-0.2, -0.15) is 0 Å². The number of aromatic carboxylic acids is 1. The van der Waals surface area contributed by atoms with Crippen molar-refractivity contribution in [1.29, 1.82) is 0 Å². The van der Waals surface area contributed by atoms with Crippen molar-refractivity contribution < 1.29 is 19.0 Å². The van der Waals surface area contributed by atoms with Gasteiger partial charge in [0, 0.05) is 19.3 Å². The predicted octanol–water partition coefficient (Wildman–Crippen LogP) is 2.11. The van der Waals surface area contributed by atoms with E-state index in [0.29, 0.717) is 13.2 Å². The van der Waals surface area contributed by atoms with Crippen LogP contribution in [0, 0.1) is 5.82 Å². The van der Waals surface area contributed by atoms with E-state index in [2.05, 4.69) is 5.32 Å². The fourth-order valence-corrected chi connectivity index (χ4v) is 1.90. The van der Waals surface area contributed by atoms with E-state index in [-0.39, 0.29) is 17.3 Å². The predicted molar refractivity (Wildman–Crippen MR) is 60.8 cm³/mol. The number of anilines is 1. The maximum Gasteiger partial charge on any atom is 0.337 e. The van der Waals surface area contributed by atoms with Gasteiger partial charge in [-0.3, -0.25) is 0 Å². The summed E-state index contributed by atoms with van der Waals surface area (Å²) >= 11 is 0. The fraction of sp³-hybridized carbons (Fsp3) is 0.417. The molecule has 0 bridgehead atoms. The average Bonchev–Trinajstić information content (AvgIpc) is 2.33. The van der Waals surface area contributed by atoms with E-state index in [0.717, 1.165) is 12.8 Å². The molecule has 0 spiro atoms. The number of rotatable bonds is 3. The average molecular weight is 239 g/mol. The zero-order valence-corrected chi connectivity index (χ0v) is 9.28. The lowest BCUT2D eigenvalue weighted by molar-refractivity contribution is 0.0697. The second-order valence-corrected chi connectivity index (χ2v) is 4.00. The van der Waals surface area contributed by atoms with Crippen LogP contribution in [0.2, 0.25) is 0 Å². The number of para-hydroxylation sites is 1.